The number of rotatable bonds is 4. The Balaban J connectivity index is 2.07. The maximum absolute atomic E-state index is 11.9. The standard InChI is InChI=1S/C18H14Cl2O2/c19-17(21)15-13(11-7-3-1-4-8-11)14(16(15)18(20)22)12-9-5-2-6-10-12/h1-10,13-16H/t13-,14+,15+,16-. The molecule has 22 heavy (non-hydrogen) atoms. The highest BCUT2D eigenvalue weighted by Crippen LogP contribution is 2.59. The molecule has 2 aromatic carbocycles. The fraction of sp³-hybridized carbons (Fsp3) is 0.222. The molecule has 0 N–H and O–H groups in total. The summed E-state index contributed by atoms with van der Waals surface area (Å²) in [5, 5.41) is -1.000. The number of carbonyl (C=O) groups excluding carboxylic acids is 2. The second-order valence-electron chi connectivity index (χ2n) is 5.53. The monoisotopic (exact) mass is 332 g/mol. The van der Waals surface area contributed by atoms with E-state index < -0.39 is 22.3 Å². The first kappa shape index (κ1) is 15.3. The first-order valence-corrected chi connectivity index (χ1v) is 7.85. The van der Waals surface area contributed by atoms with Crippen molar-refractivity contribution in [1.29, 1.82) is 0 Å². The van der Waals surface area contributed by atoms with Crippen molar-refractivity contribution in [2.75, 3.05) is 0 Å². The van der Waals surface area contributed by atoms with Gasteiger partial charge in [0, 0.05) is 11.8 Å². The molecule has 1 saturated carbocycles. The van der Waals surface area contributed by atoms with Crippen LogP contribution in [0.25, 0.3) is 0 Å². The third-order valence-corrected chi connectivity index (χ3v) is 4.94. The van der Waals surface area contributed by atoms with Gasteiger partial charge in [-0.05, 0) is 34.3 Å². The van der Waals surface area contributed by atoms with Crippen LogP contribution in [0.15, 0.2) is 60.7 Å². The van der Waals surface area contributed by atoms with E-state index in [1.165, 1.54) is 0 Å². The van der Waals surface area contributed by atoms with Gasteiger partial charge in [0.2, 0.25) is 10.5 Å². The Bertz CT molecular complexity index is 623. The summed E-state index contributed by atoms with van der Waals surface area (Å²) in [5.41, 5.74) is 2.01. The lowest BCUT2D eigenvalue weighted by molar-refractivity contribution is -0.132. The molecule has 4 atom stereocenters. The minimum atomic E-state index is -0.570. The van der Waals surface area contributed by atoms with Gasteiger partial charge < -0.3 is 0 Å². The topological polar surface area (TPSA) is 34.1 Å². The smallest absolute Gasteiger partial charge is 0.226 e. The van der Waals surface area contributed by atoms with Crippen molar-refractivity contribution < 1.29 is 9.59 Å². The summed E-state index contributed by atoms with van der Waals surface area (Å²) in [6.45, 7) is 0. The lowest BCUT2D eigenvalue weighted by atomic mass is 9.53. The van der Waals surface area contributed by atoms with Crippen molar-refractivity contribution >= 4 is 33.7 Å². The maximum Gasteiger partial charge on any atom is 0.226 e. The number of benzene rings is 2. The molecule has 0 bridgehead atoms. The van der Waals surface area contributed by atoms with E-state index in [4.69, 9.17) is 23.2 Å². The molecule has 0 heterocycles. The Hall–Kier alpha value is -1.64. The largest absolute Gasteiger partial charge is 0.281 e. The summed E-state index contributed by atoms with van der Waals surface area (Å²) in [7, 11) is 0. The van der Waals surface area contributed by atoms with Gasteiger partial charge in [-0.25, -0.2) is 0 Å². The lowest BCUT2D eigenvalue weighted by Crippen LogP contribution is -2.49. The van der Waals surface area contributed by atoms with Crippen molar-refractivity contribution in [3.8, 4) is 0 Å². The molecule has 1 aliphatic rings. The van der Waals surface area contributed by atoms with E-state index in [0.29, 0.717) is 0 Å². The van der Waals surface area contributed by atoms with Crippen LogP contribution in [0.1, 0.15) is 23.0 Å². The number of hydrogen-bond acceptors (Lipinski definition) is 2. The summed E-state index contributed by atoms with van der Waals surface area (Å²) in [6, 6.07) is 19.4. The fourth-order valence-corrected chi connectivity index (χ4v) is 4.04. The number of carbonyl (C=O) groups is 2. The summed E-state index contributed by atoms with van der Waals surface area (Å²) in [4.78, 5) is 23.7. The van der Waals surface area contributed by atoms with Crippen LogP contribution in [-0.4, -0.2) is 10.5 Å². The third kappa shape index (κ3) is 2.57. The van der Waals surface area contributed by atoms with Crippen molar-refractivity contribution in [1.82, 2.24) is 0 Å². The Morgan fingerprint density at radius 1 is 0.636 bits per heavy atom. The lowest BCUT2D eigenvalue weighted by Gasteiger charge is -2.49. The van der Waals surface area contributed by atoms with Gasteiger partial charge in [-0.1, -0.05) is 60.7 Å². The predicted octanol–water partition coefficient (Wildman–Crippen LogP) is 4.33. The highest BCUT2D eigenvalue weighted by molar-refractivity contribution is 6.67. The van der Waals surface area contributed by atoms with Crippen molar-refractivity contribution in [2.24, 2.45) is 11.8 Å². The Labute approximate surface area is 139 Å². The molecule has 1 aliphatic carbocycles. The van der Waals surface area contributed by atoms with E-state index in [1.54, 1.807) is 0 Å². The van der Waals surface area contributed by atoms with Crippen molar-refractivity contribution in [3.05, 3.63) is 71.8 Å². The van der Waals surface area contributed by atoms with Gasteiger partial charge in [-0.15, -0.1) is 0 Å². The zero-order valence-electron chi connectivity index (χ0n) is 11.7. The van der Waals surface area contributed by atoms with E-state index in [0.717, 1.165) is 11.1 Å². The molecular formula is C18H14Cl2O2. The van der Waals surface area contributed by atoms with Crippen LogP contribution in [0.5, 0.6) is 0 Å². The molecule has 0 saturated heterocycles. The number of halogens is 2. The van der Waals surface area contributed by atoms with E-state index >= 15 is 0 Å². The second kappa shape index (κ2) is 6.23. The first-order chi connectivity index (χ1) is 10.6. The molecule has 4 heteroatoms. The molecule has 0 amide bonds. The molecule has 0 aliphatic heterocycles. The maximum atomic E-state index is 11.9. The Morgan fingerprint density at radius 2 is 0.955 bits per heavy atom. The van der Waals surface area contributed by atoms with Gasteiger partial charge in [0.1, 0.15) is 0 Å². The van der Waals surface area contributed by atoms with E-state index in [9.17, 15) is 9.59 Å². The van der Waals surface area contributed by atoms with E-state index in [2.05, 4.69) is 0 Å². The summed E-state index contributed by atoms with van der Waals surface area (Å²) >= 11 is 11.5. The molecular weight excluding hydrogens is 319 g/mol. The highest BCUT2D eigenvalue weighted by atomic mass is 35.5. The molecule has 2 aromatic rings. The number of hydrogen-bond donors (Lipinski definition) is 0. The molecule has 1 fully saturated rings. The first-order valence-electron chi connectivity index (χ1n) is 7.10. The van der Waals surface area contributed by atoms with Crippen LogP contribution in [0.2, 0.25) is 0 Å². The zero-order chi connectivity index (χ0) is 15.7. The SMILES string of the molecule is O=C(Cl)[C@@H]1[C@H](C(=O)Cl)[C@@H](c2ccccc2)[C@H]1c1ccccc1. The van der Waals surface area contributed by atoms with Gasteiger partial charge in [0.25, 0.3) is 0 Å². The molecule has 0 radical (unpaired) electrons. The summed E-state index contributed by atoms with van der Waals surface area (Å²) < 4.78 is 0. The zero-order valence-corrected chi connectivity index (χ0v) is 13.2. The fourth-order valence-electron chi connectivity index (χ4n) is 3.49. The van der Waals surface area contributed by atoms with Crippen LogP contribution < -0.4 is 0 Å². The Morgan fingerprint density at radius 3 is 1.23 bits per heavy atom. The van der Waals surface area contributed by atoms with Crippen LogP contribution in [0, 0.1) is 11.8 Å². The molecule has 3 rings (SSSR count). The van der Waals surface area contributed by atoms with Crippen LogP contribution in [0.4, 0.5) is 0 Å². The van der Waals surface area contributed by atoms with E-state index in [-0.39, 0.29) is 11.8 Å². The van der Waals surface area contributed by atoms with Crippen molar-refractivity contribution in [2.45, 2.75) is 11.8 Å². The minimum absolute atomic E-state index is 0.124. The summed E-state index contributed by atoms with van der Waals surface area (Å²) in [5.74, 6) is -1.39. The summed E-state index contributed by atoms with van der Waals surface area (Å²) in [6.07, 6.45) is 0. The minimum Gasteiger partial charge on any atom is -0.281 e. The van der Waals surface area contributed by atoms with Crippen LogP contribution >= 0.6 is 23.2 Å². The molecule has 0 unspecified atom stereocenters. The normalized spacial score (nSPS) is 27.0. The van der Waals surface area contributed by atoms with Crippen molar-refractivity contribution in [3.63, 3.8) is 0 Å². The van der Waals surface area contributed by atoms with Gasteiger partial charge >= 0.3 is 0 Å². The van der Waals surface area contributed by atoms with E-state index in [1.807, 2.05) is 60.7 Å². The molecule has 112 valence electrons. The highest BCUT2D eigenvalue weighted by Gasteiger charge is 2.57. The quantitative estimate of drug-likeness (QED) is 0.781. The molecule has 0 spiro atoms. The molecule has 0 aromatic heterocycles. The molecule has 2 nitrogen and oxygen atoms in total. The average molecular weight is 333 g/mol. The predicted molar refractivity (Wildman–Crippen MR) is 87.1 cm³/mol. The van der Waals surface area contributed by atoms with Gasteiger partial charge in [-0.2, -0.15) is 0 Å². The van der Waals surface area contributed by atoms with Gasteiger partial charge in [0.15, 0.2) is 0 Å². The van der Waals surface area contributed by atoms with Gasteiger partial charge in [-0.3, -0.25) is 9.59 Å². The Kier molecular flexibility index (Phi) is 4.32. The average Bonchev–Trinajstić information content (AvgIpc) is 2.47. The third-order valence-electron chi connectivity index (χ3n) is 4.44. The van der Waals surface area contributed by atoms with Crippen LogP contribution in [0.3, 0.4) is 0 Å². The second-order valence-corrected chi connectivity index (χ2v) is 6.28. The van der Waals surface area contributed by atoms with Crippen LogP contribution in [-0.2, 0) is 9.59 Å². The van der Waals surface area contributed by atoms with Gasteiger partial charge in [0.05, 0.1) is 11.8 Å².